The molecular formula is C11H26N4O2. The molecule has 0 aromatic rings. The maximum Gasteiger partial charge on any atom is 0.320 e. The predicted octanol–water partition coefficient (Wildman–Crippen LogP) is -0.903. The highest BCUT2D eigenvalue weighted by atomic mass is 16.4. The van der Waals surface area contributed by atoms with Crippen molar-refractivity contribution in [2.45, 2.75) is 31.7 Å². The van der Waals surface area contributed by atoms with E-state index >= 15 is 0 Å². The number of carbonyl (C=O) groups is 1. The van der Waals surface area contributed by atoms with Gasteiger partial charge in [-0.1, -0.05) is 0 Å². The van der Waals surface area contributed by atoms with E-state index in [-0.39, 0.29) is 0 Å². The first kappa shape index (κ1) is 16.3. The van der Waals surface area contributed by atoms with Gasteiger partial charge in [0.2, 0.25) is 0 Å². The van der Waals surface area contributed by atoms with Gasteiger partial charge in [0, 0.05) is 0 Å². The number of rotatable bonds is 12. The van der Waals surface area contributed by atoms with Gasteiger partial charge in [-0.05, 0) is 58.4 Å². The molecule has 0 aromatic heterocycles. The Morgan fingerprint density at radius 3 is 2.24 bits per heavy atom. The van der Waals surface area contributed by atoms with Gasteiger partial charge in [-0.2, -0.15) is 0 Å². The van der Waals surface area contributed by atoms with Crippen molar-refractivity contribution >= 4 is 5.97 Å². The largest absolute Gasteiger partial charge is 0.480 e. The lowest BCUT2D eigenvalue weighted by atomic mass is 10.1. The third-order valence-corrected chi connectivity index (χ3v) is 2.47. The summed E-state index contributed by atoms with van der Waals surface area (Å²) < 4.78 is 0. The minimum atomic E-state index is -0.788. The normalized spacial score (nSPS) is 12.6. The number of carboxylic acid groups (broad SMARTS) is 1. The van der Waals surface area contributed by atoms with Crippen LogP contribution in [0.4, 0.5) is 0 Å². The minimum absolute atomic E-state index is 0.460. The van der Waals surface area contributed by atoms with Gasteiger partial charge in [-0.3, -0.25) is 4.79 Å². The van der Waals surface area contributed by atoms with E-state index in [9.17, 15) is 4.79 Å². The van der Waals surface area contributed by atoms with E-state index in [1.807, 2.05) is 0 Å². The van der Waals surface area contributed by atoms with Crippen molar-refractivity contribution in [3.05, 3.63) is 0 Å². The monoisotopic (exact) mass is 246 g/mol. The summed E-state index contributed by atoms with van der Waals surface area (Å²) in [4.78, 5) is 10.9. The van der Waals surface area contributed by atoms with Crippen molar-refractivity contribution in [1.82, 2.24) is 10.6 Å². The van der Waals surface area contributed by atoms with Crippen molar-refractivity contribution in [2.24, 2.45) is 11.5 Å². The third-order valence-electron chi connectivity index (χ3n) is 2.47. The van der Waals surface area contributed by atoms with E-state index in [2.05, 4.69) is 10.6 Å². The molecule has 1 atom stereocenters. The molecule has 0 fully saturated rings. The summed E-state index contributed by atoms with van der Waals surface area (Å²) >= 11 is 0. The van der Waals surface area contributed by atoms with Crippen LogP contribution in [0.3, 0.4) is 0 Å². The van der Waals surface area contributed by atoms with Gasteiger partial charge in [-0.15, -0.1) is 0 Å². The Bertz CT molecular complexity index is 190. The van der Waals surface area contributed by atoms with Gasteiger partial charge in [0.25, 0.3) is 0 Å². The van der Waals surface area contributed by atoms with E-state index in [0.717, 1.165) is 32.4 Å². The lowest BCUT2D eigenvalue weighted by Crippen LogP contribution is -2.38. The van der Waals surface area contributed by atoms with E-state index < -0.39 is 12.0 Å². The zero-order chi connectivity index (χ0) is 12.9. The summed E-state index contributed by atoms with van der Waals surface area (Å²) in [7, 11) is 0. The molecule has 0 aromatic carbocycles. The smallest absolute Gasteiger partial charge is 0.320 e. The van der Waals surface area contributed by atoms with Gasteiger partial charge < -0.3 is 27.2 Å². The van der Waals surface area contributed by atoms with Gasteiger partial charge in [0.05, 0.1) is 0 Å². The first-order valence-corrected chi connectivity index (χ1v) is 6.29. The molecule has 6 heteroatoms. The van der Waals surface area contributed by atoms with E-state index in [0.29, 0.717) is 26.1 Å². The second kappa shape index (κ2) is 11.8. The molecule has 0 spiro atoms. The van der Waals surface area contributed by atoms with Crippen LogP contribution < -0.4 is 22.1 Å². The zero-order valence-corrected chi connectivity index (χ0v) is 10.5. The number of hydrogen-bond donors (Lipinski definition) is 5. The molecule has 0 saturated carbocycles. The van der Waals surface area contributed by atoms with E-state index in [1.165, 1.54) is 0 Å². The van der Waals surface area contributed by atoms with Crippen LogP contribution in [0, 0.1) is 0 Å². The van der Waals surface area contributed by atoms with Crippen LogP contribution in [0.5, 0.6) is 0 Å². The van der Waals surface area contributed by atoms with E-state index in [4.69, 9.17) is 16.6 Å². The number of nitrogens with one attached hydrogen (secondary N) is 2. The van der Waals surface area contributed by atoms with Crippen LogP contribution in [0.1, 0.15) is 25.7 Å². The molecule has 102 valence electrons. The van der Waals surface area contributed by atoms with Gasteiger partial charge in [0.15, 0.2) is 0 Å². The average molecular weight is 246 g/mol. The Balaban J connectivity index is 3.52. The van der Waals surface area contributed by atoms with Crippen molar-refractivity contribution in [3.8, 4) is 0 Å². The molecule has 0 aliphatic heterocycles. The van der Waals surface area contributed by atoms with Crippen LogP contribution in [-0.2, 0) is 4.79 Å². The zero-order valence-electron chi connectivity index (χ0n) is 10.5. The standard InChI is InChI=1S/C11H26N4O2/c12-5-2-8-14-7-1-4-10(11(16)17)15-9-3-6-13/h10,14-15H,1-9,12-13H2,(H,16,17). The second-order valence-electron chi connectivity index (χ2n) is 4.02. The highest BCUT2D eigenvalue weighted by molar-refractivity contribution is 5.73. The first-order valence-electron chi connectivity index (χ1n) is 6.29. The Morgan fingerprint density at radius 1 is 1.06 bits per heavy atom. The highest BCUT2D eigenvalue weighted by Gasteiger charge is 2.15. The van der Waals surface area contributed by atoms with Crippen LogP contribution in [0.2, 0.25) is 0 Å². The van der Waals surface area contributed by atoms with Crippen LogP contribution in [-0.4, -0.2) is 49.8 Å². The molecule has 6 nitrogen and oxygen atoms in total. The third kappa shape index (κ3) is 10.2. The molecule has 0 aliphatic carbocycles. The molecule has 1 unspecified atom stereocenters. The Labute approximate surface area is 103 Å². The molecule has 0 heterocycles. The summed E-state index contributed by atoms with van der Waals surface area (Å²) in [5.41, 5.74) is 10.7. The fraction of sp³-hybridized carbons (Fsp3) is 0.909. The molecule has 0 aliphatic rings. The maximum atomic E-state index is 10.9. The van der Waals surface area contributed by atoms with Crippen molar-refractivity contribution in [1.29, 1.82) is 0 Å². The number of carboxylic acids is 1. The first-order chi connectivity index (χ1) is 8.22. The maximum absolute atomic E-state index is 10.9. The van der Waals surface area contributed by atoms with Crippen molar-refractivity contribution in [3.63, 3.8) is 0 Å². The molecule has 7 N–H and O–H groups in total. The fourth-order valence-electron chi connectivity index (χ4n) is 1.47. The van der Waals surface area contributed by atoms with Crippen LogP contribution in [0.15, 0.2) is 0 Å². The number of nitrogens with two attached hydrogens (primary N) is 2. The minimum Gasteiger partial charge on any atom is -0.480 e. The summed E-state index contributed by atoms with van der Waals surface area (Å²) in [6.45, 7) is 3.66. The van der Waals surface area contributed by atoms with Crippen molar-refractivity contribution in [2.75, 3.05) is 32.7 Å². The lowest BCUT2D eigenvalue weighted by Gasteiger charge is -2.14. The summed E-state index contributed by atoms with van der Waals surface area (Å²) in [6, 6.07) is -0.460. The fourth-order valence-corrected chi connectivity index (χ4v) is 1.47. The van der Waals surface area contributed by atoms with Crippen LogP contribution in [0.25, 0.3) is 0 Å². The quantitative estimate of drug-likeness (QED) is 0.285. The lowest BCUT2D eigenvalue weighted by molar-refractivity contribution is -0.139. The molecular weight excluding hydrogens is 220 g/mol. The average Bonchev–Trinajstić information content (AvgIpc) is 2.31. The van der Waals surface area contributed by atoms with Crippen LogP contribution >= 0.6 is 0 Å². The molecule has 0 amide bonds. The summed E-state index contributed by atoms with van der Waals surface area (Å²) in [6.07, 6.45) is 3.24. The summed E-state index contributed by atoms with van der Waals surface area (Å²) in [5, 5.41) is 15.2. The van der Waals surface area contributed by atoms with Gasteiger partial charge >= 0.3 is 5.97 Å². The molecule has 0 saturated heterocycles. The summed E-state index contributed by atoms with van der Waals surface area (Å²) in [5.74, 6) is -0.788. The topological polar surface area (TPSA) is 113 Å². The Hall–Kier alpha value is -0.690. The SMILES string of the molecule is NCCCNCCCC(NCCCN)C(=O)O. The van der Waals surface area contributed by atoms with Gasteiger partial charge in [-0.25, -0.2) is 0 Å². The second-order valence-corrected chi connectivity index (χ2v) is 4.02. The molecule has 0 rings (SSSR count). The predicted molar refractivity (Wildman–Crippen MR) is 68.9 cm³/mol. The Morgan fingerprint density at radius 2 is 1.65 bits per heavy atom. The molecule has 0 bridgehead atoms. The molecule has 17 heavy (non-hydrogen) atoms. The Kier molecular flexibility index (Phi) is 11.3. The van der Waals surface area contributed by atoms with Gasteiger partial charge in [0.1, 0.15) is 6.04 Å². The van der Waals surface area contributed by atoms with E-state index in [1.54, 1.807) is 0 Å². The highest BCUT2D eigenvalue weighted by Crippen LogP contribution is 1.97. The number of hydrogen-bond acceptors (Lipinski definition) is 5. The van der Waals surface area contributed by atoms with Crippen molar-refractivity contribution < 1.29 is 9.90 Å². The molecule has 0 radical (unpaired) electrons. The number of aliphatic carboxylic acids is 1.